The summed E-state index contributed by atoms with van der Waals surface area (Å²) in [7, 11) is 0. The largest absolute Gasteiger partial charge is 0.472 e. The van der Waals surface area contributed by atoms with Gasteiger partial charge in [-0.15, -0.1) is 0 Å². The summed E-state index contributed by atoms with van der Waals surface area (Å²) >= 11 is 0. The van der Waals surface area contributed by atoms with Crippen molar-refractivity contribution in [2.24, 2.45) is 5.92 Å². The summed E-state index contributed by atoms with van der Waals surface area (Å²) in [5.74, 6) is 1.74. The Hall–Kier alpha value is -4.62. The van der Waals surface area contributed by atoms with Gasteiger partial charge in [-0.1, -0.05) is 86.7 Å². The van der Waals surface area contributed by atoms with Crippen molar-refractivity contribution in [3.63, 3.8) is 0 Å². The molecule has 5 aromatic carbocycles. The second-order valence-electron chi connectivity index (χ2n) is 16.8. The molecule has 0 N–H and O–H groups in total. The van der Waals surface area contributed by atoms with Crippen molar-refractivity contribution in [3.05, 3.63) is 130 Å². The van der Waals surface area contributed by atoms with E-state index in [1.807, 2.05) is 0 Å². The van der Waals surface area contributed by atoms with E-state index in [2.05, 4.69) is 127 Å². The third-order valence-corrected chi connectivity index (χ3v) is 14.0. The molecule has 0 amide bonds. The van der Waals surface area contributed by atoms with E-state index in [9.17, 15) is 0 Å². The normalized spacial score (nSPS) is 21.6. The molecule has 5 aromatic rings. The Balaban J connectivity index is 1.14. The molecule has 5 aliphatic rings. The third kappa shape index (κ3) is 6.27. The molecular weight excluding hydrogens is 705 g/mol. The molecule has 1 aliphatic carbocycles. The fraction of sp³-hybridized carbons (Fsp3) is 0.412. The van der Waals surface area contributed by atoms with Crippen LogP contribution >= 0.6 is 0 Å². The molecule has 0 radical (unpaired) electrons. The number of fused-ring (bicyclic) bond motifs is 8. The van der Waals surface area contributed by atoms with Crippen molar-refractivity contribution in [2.45, 2.75) is 63.4 Å². The first-order valence-corrected chi connectivity index (χ1v) is 21.7. The SMILES string of the molecule is CCC1(CC)c2ccccc2-c2c1c1c(c3cc(N4CCOCC4)ccc23)OC(c2ccc(CCC3CCOCC3)cc2)(c2ccc(N3CCOCC3)cc2)C=C1. The molecule has 6 heteroatoms. The maximum Gasteiger partial charge on any atom is 0.178 e. The molecule has 4 aliphatic heterocycles. The standard InChI is InChI=1S/C51H56N2O4/c1-3-50(4-2)46-8-6-5-7-43(46)47-42-20-19-41(53-27-33-56-34-28-53)35-45(42)49-44(48(47)50)21-24-51(57-49,39-15-17-40(18-16-39)52-25-31-55-32-26-52)38-13-11-36(12-14-38)9-10-37-22-29-54-30-23-37/h5-8,11-21,24,35,37H,3-4,9-10,22-23,25-34H2,1-2H3. The summed E-state index contributed by atoms with van der Waals surface area (Å²) in [6.45, 7) is 13.1. The van der Waals surface area contributed by atoms with Crippen molar-refractivity contribution in [3.8, 4) is 16.9 Å². The van der Waals surface area contributed by atoms with Gasteiger partial charge in [-0.05, 0) is 108 Å². The van der Waals surface area contributed by atoms with Gasteiger partial charge < -0.3 is 28.7 Å². The molecule has 3 saturated heterocycles. The number of nitrogens with zero attached hydrogens (tertiary/aromatic N) is 2. The Morgan fingerprint density at radius 3 is 1.95 bits per heavy atom. The number of morpholine rings is 2. The monoisotopic (exact) mass is 760 g/mol. The molecule has 4 heterocycles. The van der Waals surface area contributed by atoms with Crippen LogP contribution in [0.4, 0.5) is 11.4 Å². The van der Waals surface area contributed by atoms with E-state index in [-0.39, 0.29) is 5.41 Å². The molecule has 0 bridgehead atoms. The lowest BCUT2D eigenvalue weighted by Gasteiger charge is -2.40. The van der Waals surface area contributed by atoms with E-state index in [0.29, 0.717) is 0 Å². The molecule has 0 aromatic heterocycles. The molecule has 0 spiro atoms. The minimum atomic E-state index is -0.821. The number of hydrogen-bond donors (Lipinski definition) is 0. The quantitative estimate of drug-likeness (QED) is 0.149. The lowest BCUT2D eigenvalue weighted by molar-refractivity contribution is 0.0640. The summed E-state index contributed by atoms with van der Waals surface area (Å²) in [4.78, 5) is 4.89. The Morgan fingerprint density at radius 1 is 0.649 bits per heavy atom. The minimum Gasteiger partial charge on any atom is -0.472 e. The summed E-state index contributed by atoms with van der Waals surface area (Å²) in [6, 6.07) is 34.8. The number of rotatable bonds is 9. The van der Waals surface area contributed by atoms with Crippen LogP contribution in [-0.2, 0) is 31.6 Å². The molecule has 294 valence electrons. The fourth-order valence-electron chi connectivity index (χ4n) is 10.7. The van der Waals surface area contributed by atoms with Gasteiger partial charge in [0.1, 0.15) is 5.75 Å². The van der Waals surface area contributed by atoms with Crippen LogP contribution in [0.2, 0.25) is 0 Å². The van der Waals surface area contributed by atoms with Gasteiger partial charge in [0.2, 0.25) is 0 Å². The van der Waals surface area contributed by atoms with E-state index in [4.69, 9.17) is 18.9 Å². The summed E-state index contributed by atoms with van der Waals surface area (Å²) in [5, 5.41) is 2.45. The van der Waals surface area contributed by atoms with Gasteiger partial charge in [-0.3, -0.25) is 0 Å². The zero-order valence-corrected chi connectivity index (χ0v) is 33.7. The maximum atomic E-state index is 7.86. The average molecular weight is 761 g/mol. The van der Waals surface area contributed by atoms with Crippen LogP contribution in [0.1, 0.15) is 79.3 Å². The van der Waals surface area contributed by atoms with E-state index < -0.39 is 5.60 Å². The van der Waals surface area contributed by atoms with Gasteiger partial charge >= 0.3 is 0 Å². The predicted octanol–water partition coefficient (Wildman–Crippen LogP) is 10.3. The van der Waals surface area contributed by atoms with Crippen LogP contribution in [0, 0.1) is 5.92 Å². The number of hydrogen-bond acceptors (Lipinski definition) is 6. The van der Waals surface area contributed by atoms with Crippen molar-refractivity contribution < 1.29 is 18.9 Å². The van der Waals surface area contributed by atoms with Crippen molar-refractivity contribution in [1.29, 1.82) is 0 Å². The zero-order chi connectivity index (χ0) is 38.4. The van der Waals surface area contributed by atoms with Crippen LogP contribution < -0.4 is 14.5 Å². The summed E-state index contributed by atoms with van der Waals surface area (Å²) in [5.41, 5.74) is 12.0. The first-order chi connectivity index (χ1) is 28.1. The number of anilines is 2. The Kier molecular flexibility index (Phi) is 9.84. The lowest BCUT2D eigenvalue weighted by atomic mass is 9.71. The highest BCUT2D eigenvalue weighted by Gasteiger charge is 2.47. The zero-order valence-electron chi connectivity index (χ0n) is 33.7. The summed E-state index contributed by atoms with van der Waals surface area (Å²) < 4.78 is 25.0. The Bertz CT molecular complexity index is 2260. The van der Waals surface area contributed by atoms with Crippen LogP contribution in [-0.4, -0.2) is 65.8 Å². The van der Waals surface area contributed by atoms with Crippen molar-refractivity contribution >= 4 is 28.2 Å². The van der Waals surface area contributed by atoms with Gasteiger partial charge in [0.25, 0.3) is 0 Å². The molecule has 57 heavy (non-hydrogen) atoms. The molecule has 3 fully saturated rings. The van der Waals surface area contributed by atoms with E-state index in [1.54, 1.807) is 0 Å². The first-order valence-electron chi connectivity index (χ1n) is 21.7. The van der Waals surface area contributed by atoms with Crippen molar-refractivity contribution in [1.82, 2.24) is 0 Å². The topological polar surface area (TPSA) is 43.4 Å². The highest BCUT2D eigenvalue weighted by Crippen LogP contribution is 2.60. The van der Waals surface area contributed by atoms with Crippen molar-refractivity contribution in [2.75, 3.05) is 75.6 Å². The highest BCUT2D eigenvalue weighted by molar-refractivity contribution is 6.09. The van der Waals surface area contributed by atoms with Gasteiger partial charge in [0, 0.05) is 78.3 Å². The van der Waals surface area contributed by atoms with Gasteiger partial charge in [-0.2, -0.15) is 0 Å². The molecule has 1 atom stereocenters. The number of aryl methyl sites for hydroxylation is 1. The molecule has 6 nitrogen and oxygen atoms in total. The average Bonchev–Trinajstić information content (AvgIpc) is 3.60. The number of ether oxygens (including phenoxy) is 4. The molecule has 1 unspecified atom stereocenters. The van der Waals surface area contributed by atoms with Crippen LogP contribution in [0.5, 0.6) is 5.75 Å². The van der Waals surface area contributed by atoms with Crippen LogP contribution in [0.15, 0.2) is 97.1 Å². The highest BCUT2D eigenvalue weighted by atomic mass is 16.5. The van der Waals surface area contributed by atoms with Gasteiger partial charge in [0.15, 0.2) is 5.60 Å². The molecule has 0 saturated carbocycles. The smallest absolute Gasteiger partial charge is 0.178 e. The minimum absolute atomic E-state index is 0.104. The van der Waals surface area contributed by atoms with Crippen LogP contribution in [0.25, 0.3) is 28.0 Å². The third-order valence-electron chi connectivity index (χ3n) is 14.0. The fourth-order valence-corrected chi connectivity index (χ4v) is 10.7. The van der Waals surface area contributed by atoms with E-state index >= 15 is 0 Å². The summed E-state index contributed by atoms with van der Waals surface area (Å²) in [6.07, 6.45) is 11.5. The van der Waals surface area contributed by atoms with Gasteiger partial charge in [0.05, 0.1) is 26.4 Å². The predicted molar refractivity (Wildman–Crippen MR) is 232 cm³/mol. The molecular formula is C51H56N2O4. The second kappa shape index (κ2) is 15.3. The Labute approximate surface area is 338 Å². The maximum absolute atomic E-state index is 7.86. The lowest BCUT2D eigenvalue weighted by Crippen LogP contribution is -2.37. The van der Waals surface area contributed by atoms with E-state index in [1.165, 1.54) is 74.8 Å². The Morgan fingerprint density at radius 2 is 1.26 bits per heavy atom. The second-order valence-corrected chi connectivity index (χ2v) is 16.8. The van der Waals surface area contributed by atoms with Crippen LogP contribution in [0.3, 0.4) is 0 Å². The molecule has 10 rings (SSSR count). The number of benzene rings is 5. The van der Waals surface area contributed by atoms with E-state index in [0.717, 1.165) is 108 Å². The first kappa shape index (κ1) is 36.7. The van der Waals surface area contributed by atoms with Gasteiger partial charge in [-0.25, -0.2) is 0 Å².